The molecule has 0 aliphatic heterocycles. The number of benzene rings is 1. The summed E-state index contributed by atoms with van der Waals surface area (Å²) in [6.07, 6.45) is 3.88. The van der Waals surface area contributed by atoms with Gasteiger partial charge in [0.2, 0.25) is 0 Å². The second-order valence-corrected chi connectivity index (χ2v) is 7.28. The number of carbonyl (C=O) groups excluding carboxylic acids is 2. The number of rotatable bonds is 4. The molecule has 0 radical (unpaired) electrons. The van der Waals surface area contributed by atoms with Crippen LogP contribution in [0.4, 0.5) is 9.39 Å². The van der Waals surface area contributed by atoms with Gasteiger partial charge in [-0.05, 0) is 55.0 Å². The average Bonchev–Trinajstić information content (AvgIpc) is 2.98. The highest BCUT2D eigenvalue weighted by molar-refractivity contribution is 7.17. The fourth-order valence-corrected chi connectivity index (χ4v) is 4.53. The molecule has 1 atom stereocenters. The lowest BCUT2D eigenvalue weighted by atomic mass is 9.85. The summed E-state index contributed by atoms with van der Waals surface area (Å²) < 4.78 is 18.0. The van der Waals surface area contributed by atoms with Gasteiger partial charge < -0.3 is 10.1 Å². The lowest BCUT2D eigenvalue weighted by Gasteiger charge is -2.20. The highest BCUT2D eigenvalue weighted by Crippen LogP contribution is 2.40. The number of hydrogen-bond donors (Lipinski definition) is 1. The predicted octanol–water partition coefficient (Wildman–Crippen LogP) is 4.44. The number of nitrogens with one attached hydrogen (secondary N) is 1. The van der Waals surface area contributed by atoms with Crippen molar-refractivity contribution in [2.24, 2.45) is 5.92 Å². The van der Waals surface area contributed by atoms with Crippen LogP contribution in [0.1, 0.15) is 50.9 Å². The maximum Gasteiger partial charge on any atom is 0.341 e. The van der Waals surface area contributed by atoms with E-state index in [2.05, 4.69) is 12.2 Å². The molecule has 1 aromatic carbocycles. The van der Waals surface area contributed by atoms with Crippen LogP contribution in [0.2, 0.25) is 0 Å². The minimum atomic E-state index is -0.429. The van der Waals surface area contributed by atoms with Crippen LogP contribution >= 0.6 is 11.3 Å². The molecule has 3 rings (SSSR count). The first-order valence-corrected chi connectivity index (χ1v) is 9.14. The molecular formula is C19H20FNO3S. The van der Waals surface area contributed by atoms with Crippen molar-refractivity contribution in [2.45, 2.75) is 32.6 Å². The average molecular weight is 361 g/mol. The van der Waals surface area contributed by atoms with E-state index in [1.165, 1.54) is 42.7 Å². The Bertz CT molecular complexity index is 798. The Morgan fingerprint density at radius 2 is 2.04 bits per heavy atom. The number of thiophene rings is 1. The summed E-state index contributed by atoms with van der Waals surface area (Å²) in [5.41, 5.74) is 1.80. The van der Waals surface area contributed by atoms with E-state index in [-0.39, 0.29) is 5.91 Å². The number of anilines is 1. The Hall–Kier alpha value is -2.21. The van der Waals surface area contributed by atoms with Gasteiger partial charge in [0.05, 0.1) is 12.7 Å². The third-order valence-corrected chi connectivity index (χ3v) is 5.84. The zero-order chi connectivity index (χ0) is 18.0. The van der Waals surface area contributed by atoms with E-state index in [4.69, 9.17) is 4.74 Å². The minimum absolute atomic E-state index is 0.343. The first-order chi connectivity index (χ1) is 12.0. The molecule has 0 fully saturated rings. The second kappa shape index (κ2) is 7.35. The molecule has 1 heterocycles. The van der Waals surface area contributed by atoms with E-state index in [0.29, 0.717) is 22.0 Å². The Morgan fingerprint density at radius 3 is 2.68 bits per heavy atom. The van der Waals surface area contributed by atoms with E-state index in [1.54, 1.807) is 0 Å². The molecule has 0 unspecified atom stereocenters. The summed E-state index contributed by atoms with van der Waals surface area (Å²) in [5, 5.41) is 3.32. The topological polar surface area (TPSA) is 55.4 Å². The van der Waals surface area contributed by atoms with Crippen LogP contribution in [0.25, 0.3) is 0 Å². The van der Waals surface area contributed by atoms with Crippen molar-refractivity contribution >= 4 is 28.2 Å². The lowest BCUT2D eigenvalue weighted by Crippen LogP contribution is -2.16. The molecule has 1 aliphatic carbocycles. The number of ether oxygens (including phenoxy) is 1. The first-order valence-electron chi connectivity index (χ1n) is 8.33. The summed E-state index contributed by atoms with van der Waals surface area (Å²) in [6.45, 7) is 2.17. The van der Waals surface area contributed by atoms with E-state index in [1.807, 2.05) is 0 Å². The molecule has 1 N–H and O–H groups in total. The molecule has 0 saturated heterocycles. The fraction of sp³-hybridized carbons (Fsp3) is 0.368. The summed E-state index contributed by atoms with van der Waals surface area (Å²) in [4.78, 5) is 25.9. The highest BCUT2D eigenvalue weighted by Gasteiger charge is 2.29. The zero-order valence-electron chi connectivity index (χ0n) is 14.2. The summed E-state index contributed by atoms with van der Waals surface area (Å²) in [5.74, 6) is -0.584. The maximum atomic E-state index is 13.0. The maximum absolute atomic E-state index is 13.0. The molecule has 2 aromatic rings. The van der Waals surface area contributed by atoms with Crippen molar-refractivity contribution in [2.75, 3.05) is 12.4 Å². The van der Waals surface area contributed by atoms with Crippen molar-refractivity contribution in [3.05, 3.63) is 51.7 Å². The standard InChI is InChI=1S/C19H20FNO3S/c1-3-11-4-9-14-15(10-11)25-18(16(14)19(23)24-2)21-17(22)12-5-7-13(20)8-6-12/h5-8,11H,3-4,9-10H2,1-2H3,(H,21,22)/t11-/m1/s1. The number of fused-ring (bicyclic) bond motifs is 1. The number of methoxy groups -OCH3 is 1. The molecule has 1 amide bonds. The van der Waals surface area contributed by atoms with Gasteiger partial charge in [0.25, 0.3) is 5.91 Å². The normalized spacial score (nSPS) is 16.2. The smallest absolute Gasteiger partial charge is 0.341 e. The molecule has 25 heavy (non-hydrogen) atoms. The number of amides is 1. The molecule has 0 spiro atoms. The molecule has 0 saturated carbocycles. The van der Waals surface area contributed by atoms with Crippen molar-refractivity contribution < 1.29 is 18.7 Å². The molecule has 1 aliphatic rings. The van der Waals surface area contributed by atoms with E-state index < -0.39 is 11.8 Å². The largest absolute Gasteiger partial charge is 0.465 e. The Balaban J connectivity index is 1.92. The van der Waals surface area contributed by atoms with Gasteiger partial charge in [-0.2, -0.15) is 0 Å². The molecule has 1 aromatic heterocycles. The molecule has 6 heteroatoms. The molecule has 4 nitrogen and oxygen atoms in total. The lowest BCUT2D eigenvalue weighted by molar-refractivity contribution is 0.0601. The summed E-state index contributed by atoms with van der Waals surface area (Å²) in [7, 11) is 1.34. The monoisotopic (exact) mass is 361 g/mol. The van der Waals surface area contributed by atoms with E-state index >= 15 is 0 Å². The Labute approximate surface area is 150 Å². The summed E-state index contributed by atoms with van der Waals surface area (Å²) in [6, 6.07) is 5.31. The number of carbonyl (C=O) groups is 2. The molecule has 132 valence electrons. The van der Waals surface area contributed by atoms with Crippen molar-refractivity contribution in [3.63, 3.8) is 0 Å². The van der Waals surface area contributed by atoms with Gasteiger partial charge >= 0.3 is 5.97 Å². The molecule has 0 bridgehead atoms. The number of esters is 1. The van der Waals surface area contributed by atoms with E-state index in [9.17, 15) is 14.0 Å². The summed E-state index contributed by atoms with van der Waals surface area (Å²) >= 11 is 1.44. The van der Waals surface area contributed by atoms with Gasteiger partial charge in [0.15, 0.2) is 0 Å². The van der Waals surface area contributed by atoms with Crippen LogP contribution in [-0.4, -0.2) is 19.0 Å². The first kappa shape index (κ1) is 17.6. The second-order valence-electron chi connectivity index (χ2n) is 6.18. The van der Waals surface area contributed by atoms with Gasteiger partial charge in [0, 0.05) is 10.4 Å². The zero-order valence-corrected chi connectivity index (χ0v) is 15.0. The van der Waals surface area contributed by atoms with Crippen LogP contribution in [0.5, 0.6) is 0 Å². The van der Waals surface area contributed by atoms with Gasteiger partial charge in [-0.1, -0.05) is 13.3 Å². The third-order valence-electron chi connectivity index (χ3n) is 4.67. The van der Waals surface area contributed by atoms with Gasteiger partial charge in [-0.15, -0.1) is 11.3 Å². The Morgan fingerprint density at radius 1 is 1.32 bits per heavy atom. The quantitative estimate of drug-likeness (QED) is 0.819. The molecular weight excluding hydrogens is 341 g/mol. The van der Waals surface area contributed by atoms with Crippen molar-refractivity contribution in [3.8, 4) is 0 Å². The van der Waals surface area contributed by atoms with Crippen LogP contribution in [0.3, 0.4) is 0 Å². The number of hydrogen-bond acceptors (Lipinski definition) is 4. The SMILES string of the molecule is CC[C@@H]1CCc2c(sc(NC(=O)c3ccc(F)cc3)c2C(=O)OC)C1. The third kappa shape index (κ3) is 3.58. The van der Waals surface area contributed by atoms with Crippen LogP contribution in [0.15, 0.2) is 24.3 Å². The van der Waals surface area contributed by atoms with Crippen molar-refractivity contribution in [1.82, 2.24) is 0 Å². The minimum Gasteiger partial charge on any atom is -0.465 e. The van der Waals surface area contributed by atoms with Crippen LogP contribution in [0, 0.1) is 11.7 Å². The van der Waals surface area contributed by atoms with Crippen LogP contribution in [-0.2, 0) is 17.6 Å². The van der Waals surface area contributed by atoms with Crippen molar-refractivity contribution in [1.29, 1.82) is 0 Å². The van der Waals surface area contributed by atoms with Gasteiger partial charge in [-0.3, -0.25) is 4.79 Å². The van der Waals surface area contributed by atoms with Gasteiger partial charge in [-0.25, -0.2) is 9.18 Å². The van der Waals surface area contributed by atoms with Crippen LogP contribution < -0.4 is 5.32 Å². The number of halogens is 1. The fourth-order valence-electron chi connectivity index (χ4n) is 3.19. The van der Waals surface area contributed by atoms with Gasteiger partial charge in [0.1, 0.15) is 10.8 Å². The predicted molar refractivity (Wildman–Crippen MR) is 95.8 cm³/mol. The highest BCUT2D eigenvalue weighted by atomic mass is 32.1. The Kier molecular flexibility index (Phi) is 5.18. The van der Waals surface area contributed by atoms with E-state index in [0.717, 1.165) is 36.1 Å².